The summed E-state index contributed by atoms with van der Waals surface area (Å²) in [5.74, 6) is 0.858. The van der Waals surface area contributed by atoms with E-state index in [0.29, 0.717) is 28.4 Å². The molecule has 0 spiro atoms. The van der Waals surface area contributed by atoms with E-state index in [1.54, 1.807) is 13.2 Å². The van der Waals surface area contributed by atoms with Gasteiger partial charge in [0, 0.05) is 63.2 Å². The van der Waals surface area contributed by atoms with Crippen LogP contribution in [0.4, 0.5) is 11.4 Å². The van der Waals surface area contributed by atoms with Crippen LogP contribution in [-0.2, 0) is 10.7 Å². The minimum Gasteiger partial charge on any atom is -0.495 e. The molecule has 0 aromatic heterocycles. The second-order valence-corrected chi connectivity index (χ2v) is 9.71. The molecule has 0 N–H and O–H groups in total. The zero-order valence-electron chi connectivity index (χ0n) is 17.2. The second kappa shape index (κ2) is 10.7. The zero-order valence-corrected chi connectivity index (χ0v) is 19.6. The van der Waals surface area contributed by atoms with Gasteiger partial charge in [0.05, 0.1) is 16.5 Å². The average molecular weight is 505 g/mol. The van der Waals surface area contributed by atoms with Crippen LogP contribution in [0.1, 0.15) is 19.3 Å². The topological polar surface area (TPSA) is 96.2 Å². The van der Waals surface area contributed by atoms with Gasteiger partial charge in [-0.15, -0.1) is 0 Å². The SMILES string of the molecule is COc1cc(N2CCC(N3CCN(CCC[SH](=O)=O)CC3)CC2)c([N+](=O)[O-])cc1Br. The van der Waals surface area contributed by atoms with E-state index in [4.69, 9.17) is 4.74 Å². The van der Waals surface area contributed by atoms with Crippen molar-refractivity contribution in [2.45, 2.75) is 25.3 Å². The fraction of sp³-hybridized carbons (Fsp3) is 0.684. The summed E-state index contributed by atoms with van der Waals surface area (Å²) >= 11 is 3.33. The number of piperidine rings is 1. The van der Waals surface area contributed by atoms with E-state index in [0.717, 1.165) is 58.7 Å². The zero-order chi connectivity index (χ0) is 21.7. The number of ether oxygens (including phenoxy) is 1. The molecule has 1 aromatic carbocycles. The molecule has 0 unspecified atom stereocenters. The quantitative estimate of drug-likeness (QED) is 0.326. The Balaban J connectivity index is 1.54. The third-order valence-corrected chi connectivity index (χ3v) is 7.29. The molecule has 11 heteroatoms. The van der Waals surface area contributed by atoms with E-state index in [1.165, 1.54) is 6.07 Å². The molecule has 2 saturated heterocycles. The number of nitro benzene ring substituents is 1. The fourth-order valence-corrected chi connectivity index (χ4v) is 5.23. The van der Waals surface area contributed by atoms with Crippen molar-refractivity contribution in [1.29, 1.82) is 0 Å². The highest BCUT2D eigenvalue weighted by Gasteiger charge is 2.30. The Morgan fingerprint density at radius 2 is 1.83 bits per heavy atom. The number of thiol groups is 1. The summed E-state index contributed by atoms with van der Waals surface area (Å²) in [6.07, 6.45) is 2.63. The van der Waals surface area contributed by atoms with E-state index < -0.39 is 10.7 Å². The Hall–Kier alpha value is -1.43. The van der Waals surface area contributed by atoms with E-state index in [9.17, 15) is 18.5 Å². The van der Waals surface area contributed by atoms with Gasteiger partial charge in [0.1, 0.15) is 22.1 Å². The number of benzene rings is 1. The van der Waals surface area contributed by atoms with E-state index in [-0.39, 0.29) is 16.4 Å². The summed E-state index contributed by atoms with van der Waals surface area (Å²) in [6, 6.07) is 3.75. The summed E-state index contributed by atoms with van der Waals surface area (Å²) in [5, 5.41) is 11.5. The molecule has 30 heavy (non-hydrogen) atoms. The number of hydrogen-bond donors (Lipinski definition) is 1. The van der Waals surface area contributed by atoms with Crippen LogP contribution in [0.5, 0.6) is 5.75 Å². The van der Waals surface area contributed by atoms with Gasteiger partial charge in [-0.25, -0.2) is 8.42 Å². The van der Waals surface area contributed by atoms with Crippen LogP contribution in [0.2, 0.25) is 0 Å². The lowest BCUT2D eigenvalue weighted by atomic mass is 10.0. The lowest BCUT2D eigenvalue weighted by Crippen LogP contribution is -2.53. The molecular formula is C19H29BrN4O5S. The van der Waals surface area contributed by atoms with Crippen LogP contribution < -0.4 is 9.64 Å². The van der Waals surface area contributed by atoms with Gasteiger partial charge >= 0.3 is 0 Å². The second-order valence-electron chi connectivity index (χ2n) is 7.74. The summed E-state index contributed by atoms with van der Waals surface area (Å²) in [4.78, 5) is 18.1. The normalized spacial score (nSPS) is 19.4. The maximum absolute atomic E-state index is 11.5. The molecule has 0 aliphatic carbocycles. The first-order chi connectivity index (χ1) is 14.4. The highest BCUT2D eigenvalue weighted by atomic mass is 79.9. The Labute approximate surface area is 187 Å². The molecule has 9 nitrogen and oxygen atoms in total. The molecule has 3 rings (SSSR count). The van der Waals surface area contributed by atoms with Crippen molar-refractivity contribution in [3.63, 3.8) is 0 Å². The maximum atomic E-state index is 11.5. The Morgan fingerprint density at radius 3 is 2.40 bits per heavy atom. The molecule has 0 amide bonds. The first kappa shape index (κ1) is 23.2. The van der Waals surface area contributed by atoms with Gasteiger partial charge in [-0.3, -0.25) is 15.0 Å². The molecule has 2 aliphatic heterocycles. The van der Waals surface area contributed by atoms with Crippen molar-refractivity contribution in [2.24, 2.45) is 0 Å². The predicted molar refractivity (Wildman–Crippen MR) is 120 cm³/mol. The largest absolute Gasteiger partial charge is 0.495 e. The monoisotopic (exact) mass is 504 g/mol. The van der Waals surface area contributed by atoms with Crippen molar-refractivity contribution in [2.75, 3.05) is 63.6 Å². The summed E-state index contributed by atoms with van der Waals surface area (Å²) < 4.78 is 27.3. The minimum absolute atomic E-state index is 0.0922. The number of rotatable bonds is 8. The predicted octanol–water partition coefficient (Wildman–Crippen LogP) is 1.95. The van der Waals surface area contributed by atoms with Gasteiger partial charge in [0.15, 0.2) is 0 Å². The molecule has 2 heterocycles. The lowest BCUT2D eigenvalue weighted by Gasteiger charge is -2.43. The molecule has 168 valence electrons. The number of hydrogen-bond acceptors (Lipinski definition) is 8. The van der Waals surface area contributed by atoms with E-state index in [1.807, 2.05) is 0 Å². The van der Waals surface area contributed by atoms with Crippen molar-refractivity contribution in [1.82, 2.24) is 9.80 Å². The smallest absolute Gasteiger partial charge is 0.293 e. The first-order valence-electron chi connectivity index (χ1n) is 10.2. The van der Waals surface area contributed by atoms with E-state index >= 15 is 0 Å². The van der Waals surface area contributed by atoms with Crippen LogP contribution >= 0.6 is 15.9 Å². The van der Waals surface area contributed by atoms with Crippen LogP contribution in [0.3, 0.4) is 0 Å². The Kier molecular flexibility index (Phi) is 8.32. The molecular weight excluding hydrogens is 476 g/mol. The van der Waals surface area contributed by atoms with Gasteiger partial charge in [0.25, 0.3) is 5.69 Å². The number of nitro groups is 1. The highest BCUT2D eigenvalue weighted by molar-refractivity contribution is 9.10. The highest BCUT2D eigenvalue weighted by Crippen LogP contribution is 2.39. The van der Waals surface area contributed by atoms with Crippen LogP contribution in [0, 0.1) is 10.1 Å². The van der Waals surface area contributed by atoms with Gasteiger partial charge < -0.3 is 14.5 Å². The molecule has 0 atom stereocenters. The first-order valence-corrected chi connectivity index (χ1v) is 12.4. The molecule has 0 bridgehead atoms. The van der Waals surface area contributed by atoms with Crippen molar-refractivity contribution >= 4 is 38.0 Å². The summed E-state index contributed by atoms with van der Waals surface area (Å²) in [5.41, 5.74) is 0.703. The Morgan fingerprint density at radius 1 is 1.17 bits per heavy atom. The Bertz CT molecular complexity index is 813. The van der Waals surface area contributed by atoms with Crippen molar-refractivity contribution in [3.8, 4) is 5.75 Å². The fourth-order valence-electron chi connectivity index (χ4n) is 4.34. The molecule has 1 aromatic rings. The number of anilines is 1. The number of piperazine rings is 1. The number of halogens is 1. The van der Waals surface area contributed by atoms with E-state index in [2.05, 4.69) is 30.6 Å². The van der Waals surface area contributed by atoms with Crippen LogP contribution in [0.25, 0.3) is 0 Å². The molecule has 2 aliphatic rings. The van der Waals surface area contributed by atoms with Crippen molar-refractivity contribution < 1.29 is 18.1 Å². The van der Waals surface area contributed by atoms with Gasteiger partial charge in [-0.05, 0) is 41.7 Å². The minimum atomic E-state index is -2.28. The molecule has 0 saturated carbocycles. The third kappa shape index (κ3) is 5.83. The maximum Gasteiger partial charge on any atom is 0.293 e. The van der Waals surface area contributed by atoms with Gasteiger partial charge in [0.2, 0.25) is 0 Å². The summed E-state index contributed by atoms with van der Waals surface area (Å²) in [6.45, 7) is 6.28. The van der Waals surface area contributed by atoms with Crippen molar-refractivity contribution in [3.05, 3.63) is 26.7 Å². The van der Waals surface area contributed by atoms with Gasteiger partial charge in [-0.2, -0.15) is 0 Å². The average Bonchev–Trinajstić information content (AvgIpc) is 2.74. The van der Waals surface area contributed by atoms with Crippen LogP contribution in [-0.4, -0.2) is 87.9 Å². The molecule has 0 radical (unpaired) electrons. The number of methoxy groups -OCH3 is 1. The number of nitrogens with zero attached hydrogens (tertiary/aromatic N) is 4. The third-order valence-electron chi connectivity index (χ3n) is 5.99. The summed E-state index contributed by atoms with van der Waals surface area (Å²) in [7, 11) is -0.719. The van der Waals surface area contributed by atoms with Gasteiger partial charge in [-0.1, -0.05) is 0 Å². The lowest BCUT2D eigenvalue weighted by molar-refractivity contribution is -0.384. The van der Waals surface area contributed by atoms with Crippen LogP contribution in [0.15, 0.2) is 16.6 Å². The molecule has 2 fully saturated rings. The standard InChI is InChI=1S/C19H29BrN4O5S/c1-29-19-14-17(18(24(25)26)13-16(19)20)23-6-3-15(4-7-23)22-10-8-21(9-11-22)5-2-12-30(27)28/h13-15,30H,2-12H2,1H3.